The highest BCUT2D eigenvalue weighted by atomic mass is 35.5. The van der Waals surface area contributed by atoms with Crippen LogP contribution in [0, 0.1) is 23.7 Å². The van der Waals surface area contributed by atoms with Gasteiger partial charge in [-0.25, -0.2) is 9.78 Å². The SMILES string of the molecule is O=C(O)c1ccccc1C#CC#Cc1ccc(Cl)nc1. The van der Waals surface area contributed by atoms with Gasteiger partial charge in [-0.05, 0) is 36.1 Å². The van der Waals surface area contributed by atoms with Crippen LogP contribution in [0.3, 0.4) is 0 Å². The summed E-state index contributed by atoms with van der Waals surface area (Å²) in [4.78, 5) is 14.9. The van der Waals surface area contributed by atoms with Gasteiger partial charge in [0.1, 0.15) is 5.15 Å². The van der Waals surface area contributed by atoms with Crippen LogP contribution in [0.1, 0.15) is 21.5 Å². The number of aromatic nitrogens is 1. The molecule has 2 aromatic rings. The molecule has 0 saturated heterocycles. The summed E-state index contributed by atoms with van der Waals surface area (Å²) in [5.41, 5.74) is 1.29. The highest BCUT2D eigenvalue weighted by Gasteiger charge is 2.05. The second kappa shape index (κ2) is 6.43. The molecule has 0 bridgehead atoms. The van der Waals surface area contributed by atoms with Crippen molar-refractivity contribution in [1.29, 1.82) is 0 Å². The van der Waals surface area contributed by atoms with Gasteiger partial charge >= 0.3 is 5.97 Å². The van der Waals surface area contributed by atoms with Gasteiger partial charge < -0.3 is 5.11 Å². The molecule has 0 aliphatic rings. The standard InChI is InChI=1S/C16H8ClNO2/c17-15-10-9-12(11-18-15)5-1-2-6-13-7-3-4-8-14(13)16(19)20/h3-4,7-11H,(H,19,20). The summed E-state index contributed by atoms with van der Waals surface area (Å²) in [7, 11) is 0. The summed E-state index contributed by atoms with van der Waals surface area (Å²) in [5, 5.41) is 9.40. The number of aromatic carboxylic acids is 1. The maximum atomic E-state index is 11.0. The summed E-state index contributed by atoms with van der Waals surface area (Å²) < 4.78 is 0. The lowest BCUT2D eigenvalue weighted by molar-refractivity contribution is 0.0696. The van der Waals surface area contributed by atoms with Gasteiger partial charge in [0.15, 0.2) is 0 Å². The first-order chi connectivity index (χ1) is 9.66. The predicted molar refractivity (Wildman–Crippen MR) is 76.4 cm³/mol. The minimum Gasteiger partial charge on any atom is -0.478 e. The van der Waals surface area contributed by atoms with E-state index in [0.29, 0.717) is 16.3 Å². The van der Waals surface area contributed by atoms with Crippen LogP contribution in [0.15, 0.2) is 42.6 Å². The maximum Gasteiger partial charge on any atom is 0.336 e. The minimum absolute atomic E-state index is 0.162. The topological polar surface area (TPSA) is 50.2 Å². The third kappa shape index (κ3) is 3.62. The molecule has 96 valence electrons. The molecular weight excluding hydrogens is 274 g/mol. The Labute approximate surface area is 121 Å². The molecule has 0 spiro atoms. The van der Waals surface area contributed by atoms with E-state index < -0.39 is 5.97 Å². The number of hydrogen-bond donors (Lipinski definition) is 1. The summed E-state index contributed by atoms with van der Waals surface area (Å²) in [6, 6.07) is 9.89. The van der Waals surface area contributed by atoms with Crippen molar-refractivity contribution < 1.29 is 9.90 Å². The highest BCUT2D eigenvalue weighted by Crippen LogP contribution is 2.06. The molecule has 3 nitrogen and oxygen atoms in total. The van der Waals surface area contributed by atoms with E-state index >= 15 is 0 Å². The molecule has 1 heterocycles. The van der Waals surface area contributed by atoms with Crippen molar-refractivity contribution in [2.75, 3.05) is 0 Å². The summed E-state index contributed by atoms with van der Waals surface area (Å²) >= 11 is 5.66. The number of nitrogens with zero attached hydrogens (tertiary/aromatic N) is 1. The Balaban J connectivity index is 2.21. The van der Waals surface area contributed by atoms with Gasteiger partial charge in [0.2, 0.25) is 0 Å². The number of benzene rings is 1. The molecule has 1 aromatic heterocycles. The van der Waals surface area contributed by atoms with E-state index in [2.05, 4.69) is 28.7 Å². The van der Waals surface area contributed by atoms with Crippen LogP contribution < -0.4 is 0 Å². The quantitative estimate of drug-likeness (QED) is 0.646. The van der Waals surface area contributed by atoms with E-state index in [0.717, 1.165) is 0 Å². The summed E-state index contributed by atoms with van der Waals surface area (Å²) in [5.74, 6) is 9.79. The fraction of sp³-hybridized carbons (Fsp3) is 0. The van der Waals surface area contributed by atoms with Crippen molar-refractivity contribution in [3.8, 4) is 23.7 Å². The van der Waals surface area contributed by atoms with Gasteiger partial charge in [0.05, 0.1) is 5.56 Å². The van der Waals surface area contributed by atoms with Crippen molar-refractivity contribution >= 4 is 17.6 Å². The van der Waals surface area contributed by atoms with Crippen LogP contribution in [-0.4, -0.2) is 16.1 Å². The van der Waals surface area contributed by atoms with Crippen molar-refractivity contribution in [3.63, 3.8) is 0 Å². The largest absolute Gasteiger partial charge is 0.478 e. The van der Waals surface area contributed by atoms with Crippen molar-refractivity contribution in [2.45, 2.75) is 0 Å². The Morgan fingerprint density at radius 2 is 1.85 bits per heavy atom. The number of carboxylic acids is 1. The van der Waals surface area contributed by atoms with Gasteiger partial charge in [-0.1, -0.05) is 35.6 Å². The summed E-state index contributed by atoms with van der Waals surface area (Å²) in [6.07, 6.45) is 1.54. The Morgan fingerprint density at radius 1 is 1.10 bits per heavy atom. The molecule has 0 atom stereocenters. The lowest BCUT2D eigenvalue weighted by Gasteiger charge is -1.96. The van der Waals surface area contributed by atoms with Gasteiger partial charge in [0.25, 0.3) is 0 Å². The molecule has 0 fully saturated rings. The predicted octanol–water partition coefficient (Wildman–Crippen LogP) is 2.84. The third-order valence-electron chi connectivity index (χ3n) is 2.35. The molecule has 4 heteroatoms. The lowest BCUT2D eigenvalue weighted by Crippen LogP contribution is -1.98. The number of hydrogen-bond acceptors (Lipinski definition) is 2. The fourth-order valence-corrected chi connectivity index (χ4v) is 1.54. The number of carboxylic acid groups (broad SMARTS) is 1. The van der Waals surface area contributed by atoms with E-state index in [1.165, 1.54) is 6.07 Å². The monoisotopic (exact) mass is 281 g/mol. The number of carbonyl (C=O) groups is 1. The molecule has 0 aliphatic carbocycles. The van der Waals surface area contributed by atoms with E-state index in [4.69, 9.17) is 16.7 Å². The van der Waals surface area contributed by atoms with Crippen molar-refractivity contribution in [2.24, 2.45) is 0 Å². The fourth-order valence-electron chi connectivity index (χ4n) is 1.43. The average molecular weight is 282 g/mol. The van der Waals surface area contributed by atoms with E-state index in [1.807, 2.05) is 0 Å². The molecule has 0 saturated carbocycles. The van der Waals surface area contributed by atoms with E-state index in [1.54, 1.807) is 36.5 Å². The van der Waals surface area contributed by atoms with Crippen LogP contribution in [0.4, 0.5) is 0 Å². The second-order valence-corrected chi connectivity index (χ2v) is 4.11. The van der Waals surface area contributed by atoms with Crippen LogP contribution in [0.25, 0.3) is 0 Å². The van der Waals surface area contributed by atoms with Gasteiger partial charge in [-0.2, -0.15) is 0 Å². The zero-order valence-corrected chi connectivity index (χ0v) is 11.0. The zero-order valence-electron chi connectivity index (χ0n) is 10.2. The third-order valence-corrected chi connectivity index (χ3v) is 2.57. The van der Waals surface area contributed by atoms with E-state index in [9.17, 15) is 4.79 Å². The van der Waals surface area contributed by atoms with Crippen LogP contribution in [0.5, 0.6) is 0 Å². The van der Waals surface area contributed by atoms with E-state index in [-0.39, 0.29) is 5.56 Å². The normalized spacial score (nSPS) is 8.85. The zero-order chi connectivity index (χ0) is 14.4. The smallest absolute Gasteiger partial charge is 0.336 e. The molecular formula is C16H8ClNO2. The Kier molecular flexibility index (Phi) is 4.39. The lowest BCUT2D eigenvalue weighted by atomic mass is 10.1. The Bertz CT molecular complexity index is 759. The van der Waals surface area contributed by atoms with Crippen LogP contribution in [-0.2, 0) is 0 Å². The van der Waals surface area contributed by atoms with Gasteiger partial charge in [-0.3, -0.25) is 0 Å². The molecule has 0 amide bonds. The van der Waals surface area contributed by atoms with Gasteiger partial charge in [-0.15, -0.1) is 0 Å². The molecule has 2 rings (SSSR count). The minimum atomic E-state index is -1.01. The average Bonchev–Trinajstić information content (AvgIpc) is 2.46. The second-order valence-electron chi connectivity index (χ2n) is 3.72. The number of pyridine rings is 1. The maximum absolute atomic E-state index is 11.0. The number of rotatable bonds is 1. The van der Waals surface area contributed by atoms with Crippen LogP contribution in [0.2, 0.25) is 5.15 Å². The molecule has 1 aromatic carbocycles. The van der Waals surface area contributed by atoms with Crippen LogP contribution >= 0.6 is 11.6 Å². The molecule has 0 unspecified atom stereocenters. The Morgan fingerprint density at radius 3 is 2.55 bits per heavy atom. The Hall–Kier alpha value is -2.75. The van der Waals surface area contributed by atoms with Crippen molar-refractivity contribution in [3.05, 3.63) is 64.4 Å². The summed E-state index contributed by atoms with van der Waals surface area (Å²) in [6.45, 7) is 0. The first kappa shape index (κ1) is 13.7. The van der Waals surface area contributed by atoms with Crippen molar-refractivity contribution in [1.82, 2.24) is 4.98 Å². The highest BCUT2D eigenvalue weighted by molar-refractivity contribution is 6.29. The molecule has 0 radical (unpaired) electrons. The molecule has 20 heavy (non-hydrogen) atoms. The first-order valence-electron chi connectivity index (χ1n) is 5.63. The molecule has 0 aliphatic heterocycles. The molecule has 1 N–H and O–H groups in total. The first-order valence-corrected chi connectivity index (χ1v) is 6.00. The van der Waals surface area contributed by atoms with Gasteiger partial charge in [0, 0.05) is 17.3 Å². The number of halogens is 1.